The molecule has 0 radical (unpaired) electrons. The Morgan fingerprint density at radius 3 is 2.88 bits per heavy atom. The van der Waals surface area contributed by atoms with Crippen LogP contribution in [-0.4, -0.2) is 6.61 Å². The van der Waals surface area contributed by atoms with E-state index in [0.29, 0.717) is 18.1 Å². The van der Waals surface area contributed by atoms with Crippen LogP contribution in [0.1, 0.15) is 37.2 Å². The highest BCUT2D eigenvalue weighted by Gasteiger charge is 2.37. The normalized spacial score (nSPS) is 26.7. The van der Waals surface area contributed by atoms with Gasteiger partial charge >= 0.3 is 0 Å². The maximum absolute atomic E-state index is 13.6. The molecule has 1 aliphatic heterocycles. The minimum absolute atomic E-state index is 0.109. The molecule has 0 aromatic heterocycles. The fourth-order valence-electron chi connectivity index (χ4n) is 3.10. The van der Waals surface area contributed by atoms with Crippen molar-refractivity contribution in [3.05, 3.63) is 23.5 Å². The largest absolute Gasteiger partial charge is 0.490 e. The Morgan fingerprint density at radius 2 is 2.06 bits per heavy atom. The SMILES string of the molecule is FOc1ccc(F)c2c1C1CCCCC1CO2. The highest BCUT2D eigenvalue weighted by Crippen LogP contribution is 2.49. The van der Waals surface area contributed by atoms with Crippen molar-refractivity contribution in [2.45, 2.75) is 31.6 Å². The lowest BCUT2D eigenvalue weighted by Gasteiger charge is -2.37. The Kier molecular flexibility index (Phi) is 2.65. The quantitative estimate of drug-likeness (QED) is 0.744. The highest BCUT2D eigenvalue weighted by molar-refractivity contribution is 5.49. The first kappa shape index (κ1) is 10.8. The molecule has 2 aliphatic rings. The van der Waals surface area contributed by atoms with Crippen molar-refractivity contribution in [2.24, 2.45) is 5.92 Å². The molecule has 4 heteroatoms. The van der Waals surface area contributed by atoms with E-state index in [1.165, 1.54) is 18.6 Å². The number of halogens is 2. The summed E-state index contributed by atoms with van der Waals surface area (Å²) in [5.74, 6) is 0.409. The van der Waals surface area contributed by atoms with Crippen molar-refractivity contribution >= 4 is 0 Å². The second-order valence-corrected chi connectivity index (χ2v) is 4.83. The van der Waals surface area contributed by atoms with Gasteiger partial charge in [0.15, 0.2) is 17.3 Å². The molecule has 1 saturated carbocycles. The molecule has 0 N–H and O–H groups in total. The summed E-state index contributed by atoms with van der Waals surface area (Å²) in [6, 6.07) is 2.53. The van der Waals surface area contributed by atoms with E-state index in [9.17, 15) is 8.92 Å². The van der Waals surface area contributed by atoms with Crippen LogP contribution in [0.4, 0.5) is 8.92 Å². The zero-order valence-electron chi connectivity index (χ0n) is 9.42. The van der Waals surface area contributed by atoms with Crippen molar-refractivity contribution in [3.63, 3.8) is 0 Å². The lowest BCUT2D eigenvalue weighted by Crippen LogP contribution is -2.29. The van der Waals surface area contributed by atoms with E-state index in [1.807, 2.05) is 0 Å². The summed E-state index contributed by atoms with van der Waals surface area (Å²) in [6.45, 7) is 0.532. The van der Waals surface area contributed by atoms with Gasteiger partial charge in [-0.15, -0.1) is 0 Å². The molecule has 1 fully saturated rings. The van der Waals surface area contributed by atoms with E-state index in [4.69, 9.17) is 4.74 Å². The molecule has 0 amide bonds. The van der Waals surface area contributed by atoms with E-state index >= 15 is 0 Å². The van der Waals surface area contributed by atoms with Gasteiger partial charge in [-0.2, -0.15) is 0 Å². The molecular weight excluding hydrogens is 226 g/mol. The van der Waals surface area contributed by atoms with Crippen LogP contribution >= 0.6 is 0 Å². The predicted molar refractivity (Wildman–Crippen MR) is 58.3 cm³/mol. The molecule has 1 aromatic rings. The average molecular weight is 240 g/mol. The summed E-state index contributed by atoms with van der Waals surface area (Å²) in [5, 5.41) is 0. The minimum atomic E-state index is -0.426. The third kappa shape index (κ3) is 1.66. The van der Waals surface area contributed by atoms with Gasteiger partial charge in [0.2, 0.25) is 0 Å². The Balaban J connectivity index is 2.10. The summed E-state index contributed by atoms with van der Waals surface area (Å²) in [7, 11) is 0. The molecule has 17 heavy (non-hydrogen) atoms. The fraction of sp³-hybridized carbons (Fsp3) is 0.538. The first-order valence-electron chi connectivity index (χ1n) is 6.05. The Morgan fingerprint density at radius 1 is 1.24 bits per heavy atom. The molecule has 1 heterocycles. The van der Waals surface area contributed by atoms with Crippen LogP contribution in [0.5, 0.6) is 11.5 Å². The van der Waals surface area contributed by atoms with Gasteiger partial charge in [0.25, 0.3) is 0 Å². The van der Waals surface area contributed by atoms with Crippen molar-refractivity contribution in [1.29, 1.82) is 0 Å². The topological polar surface area (TPSA) is 18.5 Å². The van der Waals surface area contributed by atoms with Gasteiger partial charge in [-0.05, 0) is 30.9 Å². The number of fused-ring (bicyclic) bond motifs is 3. The van der Waals surface area contributed by atoms with Gasteiger partial charge in [-0.25, -0.2) is 4.39 Å². The van der Waals surface area contributed by atoms with Gasteiger partial charge < -0.3 is 4.74 Å². The van der Waals surface area contributed by atoms with Crippen LogP contribution in [0.3, 0.4) is 0 Å². The summed E-state index contributed by atoms with van der Waals surface area (Å²) in [5.41, 5.74) is 0.587. The minimum Gasteiger partial charge on any atom is -0.490 e. The van der Waals surface area contributed by atoms with Crippen LogP contribution in [0.15, 0.2) is 12.1 Å². The molecule has 1 aliphatic carbocycles. The summed E-state index contributed by atoms with van der Waals surface area (Å²) < 4.78 is 31.6. The molecular formula is C13H14F2O2. The number of rotatable bonds is 1. The first-order chi connectivity index (χ1) is 8.31. The van der Waals surface area contributed by atoms with E-state index in [1.54, 1.807) is 0 Å². The van der Waals surface area contributed by atoms with E-state index in [0.717, 1.165) is 19.3 Å². The Bertz CT molecular complexity index is 434. The zero-order valence-corrected chi connectivity index (χ0v) is 9.42. The second kappa shape index (κ2) is 4.17. The van der Waals surface area contributed by atoms with Crippen molar-refractivity contribution in [3.8, 4) is 11.5 Å². The monoisotopic (exact) mass is 240 g/mol. The van der Waals surface area contributed by atoms with Crippen molar-refractivity contribution in [2.75, 3.05) is 6.61 Å². The molecule has 2 unspecified atom stereocenters. The zero-order chi connectivity index (χ0) is 11.8. The van der Waals surface area contributed by atoms with E-state index in [2.05, 4.69) is 4.94 Å². The number of benzene rings is 1. The van der Waals surface area contributed by atoms with E-state index in [-0.39, 0.29) is 17.4 Å². The molecule has 2 nitrogen and oxygen atoms in total. The van der Waals surface area contributed by atoms with Gasteiger partial charge in [0.05, 0.1) is 6.61 Å². The molecule has 0 saturated heterocycles. The third-order valence-corrected chi connectivity index (χ3v) is 3.91. The van der Waals surface area contributed by atoms with E-state index < -0.39 is 5.82 Å². The number of ether oxygens (including phenoxy) is 1. The smallest absolute Gasteiger partial charge is 0.179 e. The third-order valence-electron chi connectivity index (χ3n) is 3.91. The average Bonchev–Trinajstić information content (AvgIpc) is 2.39. The van der Waals surface area contributed by atoms with Crippen molar-refractivity contribution < 1.29 is 18.6 Å². The Hall–Kier alpha value is -1.32. The van der Waals surface area contributed by atoms with Gasteiger partial charge in [-0.3, -0.25) is 4.94 Å². The highest BCUT2D eigenvalue weighted by atomic mass is 19.3. The molecule has 1 aromatic carbocycles. The summed E-state index contributed by atoms with van der Waals surface area (Å²) in [6.07, 6.45) is 4.29. The van der Waals surface area contributed by atoms with Gasteiger partial charge in [-0.1, -0.05) is 12.8 Å². The molecule has 0 bridgehead atoms. The van der Waals surface area contributed by atoms with Crippen LogP contribution in [0.2, 0.25) is 0 Å². The van der Waals surface area contributed by atoms with Crippen LogP contribution in [0, 0.1) is 11.7 Å². The standard InChI is InChI=1S/C13H14F2O2/c14-10-5-6-11(17-15)12-9-4-2-1-3-8(9)7-16-13(10)12/h5-6,8-9H,1-4,7H2. The predicted octanol–water partition coefficient (Wildman–Crippen LogP) is 3.76. The lowest BCUT2D eigenvalue weighted by atomic mass is 9.74. The van der Waals surface area contributed by atoms with Crippen molar-refractivity contribution in [1.82, 2.24) is 0 Å². The maximum Gasteiger partial charge on any atom is 0.179 e. The molecule has 3 rings (SSSR count). The van der Waals surface area contributed by atoms with Gasteiger partial charge in [0.1, 0.15) is 0 Å². The van der Waals surface area contributed by atoms with Crippen LogP contribution < -0.4 is 9.68 Å². The summed E-state index contributed by atoms with van der Waals surface area (Å²) in [4.78, 5) is 3.87. The second-order valence-electron chi connectivity index (χ2n) is 4.83. The molecule has 2 atom stereocenters. The Labute approximate surface area is 98.4 Å². The molecule has 92 valence electrons. The molecule has 0 spiro atoms. The first-order valence-corrected chi connectivity index (χ1v) is 6.05. The van der Waals surface area contributed by atoms with Gasteiger partial charge in [0, 0.05) is 16.0 Å². The fourth-order valence-corrected chi connectivity index (χ4v) is 3.10. The van der Waals surface area contributed by atoms with Crippen LogP contribution in [-0.2, 0) is 0 Å². The number of hydrogen-bond acceptors (Lipinski definition) is 2. The lowest BCUT2D eigenvalue weighted by molar-refractivity contribution is -0.0103. The summed E-state index contributed by atoms with van der Waals surface area (Å²) >= 11 is 0. The van der Waals surface area contributed by atoms with Crippen LogP contribution in [0.25, 0.3) is 0 Å². The number of hydrogen-bond donors (Lipinski definition) is 0. The maximum atomic E-state index is 13.6.